The highest BCUT2D eigenvalue weighted by Crippen LogP contribution is 2.39. The molecule has 18 heteroatoms. The van der Waals surface area contributed by atoms with Gasteiger partial charge in [-0.25, -0.2) is 14.4 Å². The SMILES string of the molecule is CC(=O)OC1C(OC2(COC(=O)C=Cc3ccc(O)cc3)OC(COC(=O)C=Cc3ccc(O)cc3)C(O)C2OC(=O)C=Cc2ccc(O)cc2)OC(CO)C(O)C1O. The predicted octanol–water partition coefficient (Wildman–Crippen LogP) is 1.08. The fourth-order valence-corrected chi connectivity index (χ4v) is 5.90. The highest BCUT2D eigenvalue weighted by molar-refractivity contribution is 5.88. The molecule has 0 saturated carbocycles. The van der Waals surface area contributed by atoms with Crippen LogP contribution in [0.3, 0.4) is 0 Å². The molecule has 2 aliphatic rings. The summed E-state index contributed by atoms with van der Waals surface area (Å²) in [6.07, 6.45) is -7.62. The van der Waals surface area contributed by atoms with Crippen molar-refractivity contribution in [3.8, 4) is 17.2 Å². The van der Waals surface area contributed by atoms with Crippen LogP contribution in [-0.4, -0.2) is 134 Å². The van der Waals surface area contributed by atoms with Crippen molar-refractivity contribution in [1.29, 1.82) is 0 Å². The van der Waals surface area contributed by atoms with Crippen LogP contribution in [0.2, 0.25) is 0 Å². The van der Waals surface area contributed by atoms with E-state index in [1.54, 1.807) is 0 Å². The zero-order valence-electron chi connectivity index (χ0n) is 31.3. The van der Waals surface area contributed by atoms with Crippen molar-refractivity contribution in [2.75, 3.05) is 19.8 Å². The van der Waals surface area contributed by atoms with Crippen LogP contribution in [0, 0.1) is 0 Å². The summed E-state index contributed by atoms with van der Waals surface area (Å²) in [4.78, 5) is 51.4. The van der Waals surface area contributed by atoms with Gasteiger partial charge >= 0.3 is 23.9 Å². The Labute approximate surface area is 336 Å². The van der Waals surface area contributed by atoms with Crippen LogP contribution in [0.1, 0.15) is 23.6 Å². The van der Waals surface area contributed by atoms with E-state index in [2.05, 4.69) is 0 Å². The molecule has 0 bridgehead atoms. The van der Waals surface area contributed by atoms with Gasteiger partial charge in [0.25, 0.3) is 0 Å². The second kappa shape index (κ2) is 20.0. The van der Waals surface area contributed by atoms with Gasteiger partial charge in [0.2, 0.25) is 12.1 Å². The van der Waals surface area contributed by atoms with Crippen LogP contribution < -0.4 is 0 Å². The van der Waals surface area contributed by atoms with E-state index in [9.17, 15) is 54.9 Å². The van der Waals surface area contributed by atoms with Crippen LogP contribution in [0.15, 0.2) is 91.0 Å². The molecule has 3 aromatic rings. The molecule has 0 aromatic heterocycles. The Hall–Kier alpha value is -6.12. The predicted molar refractivity (Wildman–Crippen MR) is 201 cm³/mol. The maximum Gasteiger partial charge on any atom is 0.331 e. The molecule has 2 fully saturated rings. The third-order valence-corrected chi connectivity index (χ3v) is 8.88. The number of esters is 4. The number of phenolic OH excluding ortho intramolecular Hbond substituents is 3. The number of aliphatic hydroxyl groups is 4. The Morgan fingerprint density at radius 2 is 1.12 bits per heavy atom. The molecule has 5 rings (SSSR count). The average Bonchev–Trinajstić information content (AvgIpc) is 3.47. The second-order valence-corrected chi connectivity index (χ2v) is 13.2. The largest absolute Gasteiger partial charge is 0.508 e. The normalized spacial score (nSPS) is 26.9. The fraction of sp³-hybridized carbons (Fsp3) is 0.317. The Kier molecular flexibility index (Phi) is 14.9. The zero-order valence-corrected chi connectivity index (χ0v) is 31.3. The molecule has 9 unspecified atom stereocenters. The Bertz CT molecular complexity index is 1990. The van der Waals surface area contributed by atoms with Gasteiger partial charge in [-0.05, 0) is 71.3 Å². The Balaban J connectivity index is 1.48. The number of carbonyl (C=O) groups is 4. The quantitative estimate of drug-likeness (QED) is 0.0642. The molecule has 2 saturated heterocycles. The van der Waals surface area contributed by atoms with Crippen LogP contribution in [-0.2, 0) is 52.3 Å². The summed E-state index contributed by atoms with van der Waals surface area (Å²) >= 11 is 0. The number of aliphatic hydroxyl groups excluding tert-OH is 4. The molecule has 0 radical (unpaired) electrons. The molecule has 2 aliphatic heterocycles. The highest BCUT2D eigenvalue weighted by atomic mass is 16.8. The molecule has 2 heterocycles. The van der Waals surface area contributed by atoms with E-state index >= 15 is 0 Å². The maximum atomic E-state index is 13.4. The average molecular weight is 823 g/mol. The van der Waals surface area contributed by atoms with Gasteiger partial charge in [0.05, 0.1) is 6.61 Å². The lowest BCUT2D eigenvalue weighted by Crippen LogP contribution is -2.64. The van der Waals surface area contributed by atoms with Crippen LogP contribution >= 0.6 is 0 Å². The van der Waals surface area contributed by atoms with Gasteiger partial charge in [-0.15, -0.1) is 0 Å². The zero-order chi connectivity index (χ0) is 42.7. The molecular formula is C41H42O18. The number of benzene rings is 3. The smallest absolute Gasteiger partial charge is 0.331 e. The first-order chi connectivity index (χ1) is 28.2. The lowest BCUT2D eigenvalue weighted by Gasteiger charge is -2.44. The van der Waals surface area contributed by atoms with Crippen LogP contribution in [0.4, 0.5) is 0 Å². The first-order valence-electron chi connectivity index (χ1n) is 17.9. The summed E-state index contributed by atoms with van der Waals surface area (Å²) in [6, 6.07) is 17.3. The summed E-state index contributed by atoms with van der Waals surface area (Å²) in [5.41, 5.74) is 1.46. The molecule has 0 spiro atoms. The standard InChI is InChI=1S/C41H42O18/c1-23(43)55-38-37(52)35(50)30(20-42)56-40(38)59-41(22-54-33(48)18-9-25-4-13-28(45)14-5-25)39(57-34(49)19-10-26-6-15-29(46)16-7-26)36(51)31(58-41)21-53-32(47)17-8-24-2-11-27(44)12-3-24/h2-19,30-31,35-40,42,44-46,50-52H,20-22H2,1H3. The number of phenols is 3. The lowest BCUT2D eigenvalue weighted by molar-refractivity contribution is -0.383. The highest BCUT2D eigenvalue weighted by Gasteiger charge is 2.62. The van der Waals surface area contributed by atoms with E-state index in [-0.39, 0.29) is 17.2 Å². The van der Waals surface area contributed by atoms with Crippen LogP contribution in [0.25, 0.3) is 18.2 Å². The van der Waals surface area contributed by atoms with Gasteiger partial charge in [-0.2, -0.15) is 0 Å². The maximum absolute atomic E-state index is 13.4. The minimum absolute atomic E-state index is 0.00307. The minimum Gasteiger partial charge on any atom is -0.508 e. The van der Waals surface area contributed by atoms with E-state index in [0.29, 0.717) is 16.7 Å². The first kappa shape index (κ1) is 44.0. The van der Waals surface area contributed by atoms with Gasteiger partial charge in [0.1, 0.15) is 61.0 Å². The van der Waals surface area contributed by atoms with Gasteiger partial charge in [-0.3, -0.25) is 4.79 Å². The van der Waals surface area contributed by atoms with Crippen molar-refractivity contribution in [1.82, 2.24) is 0 Å². The van der Waals surface area contributed by atoms with Gasteiger partial charge in [0.15, 0.2) is 12.2 Å². The van der Waals surface area contributed by atoms with Gasteiger partial charge < -0.3 is 68.9 Å². The Morgan fingerprint density at radius 3 is 1.59 bits per heavy atom. The molecule has 314 valence electrons. The summed E-state index contributed by atoms with van der Waals surface area (Å²) in [5, 5.41) is 71.9. The van der Waals surface area contributed by atoms with Crippen molar-refractivity contribution >= 4 is 42.1 Å². The van der Waals surface area contributed by atoms with Crippen molar-refractivity contribution in [2.24, 2.45) is 0 Å². The topological polar surface area (TPSA) is 274 Å². The van der Waals surface area contributed by atoms with Crippen molar-refractivity contribution in [3.63, 3.8) is 0 Å². The number of ether oxygens (including phenoxy) is 7. The minimum atomic E-state index is -2.63. The van der Waals surface area contributed by atoms with E-state index in [4.69, 9.17) is 33.2 Å². The van der Waals surface area contributed by atoms with Crippen molar-refractivity contribution in [3.05, 3.63) is 108 Å². The van der Waals surface area contributed by atoms with Gasteiger partial charge in [0, 0.05) is 25.2 Å². The third kappa shape index (κ3) is 12.0. The van der Waals surface area contributed by atoms with Crippen molar-refractivity contribution < 1.29 is 88.1 Å². The molecule has 59 heavy (non-hydrogen) atoms. The molecule has 18 nitrogen and oxygen atoms in total. The summed E-state index contributed by atoms with van der Waals surface area (Å²) in [7, 11) is 0. The van der Waals surface area contributed by atoms with Crippen LogP contribution in [0.5, 0.6) is 17.2 Å². The molecule has 7 N–H and O–H groups in total. The van der Waals surface area contributed by atoms with Crippen molar-refractivity contribution in [2.45, 2.75) is 61.7 Å². The monoisotopic (exact) mass is 822 g/mol. The van der Waals surface area contributed by atoms with E-state index in [0.717, 1.165) is 25.2 Å². The molecule has 0 aliphatic carbocycles. The van der Waals surface area contributed by atoms with E-state index < -0.39 is 98.5 Å². The fourth-order valence-electron chi connectivity index (χ4n) is 5.90. The number of carbonyl (C=O) groups excluding carboxylic acids is 4. The number of hydrogen-bond donors (Lipinski definition) is 7. The third-order valence-electron chi connectivity index (χ3n) is 8.88. The lowest BCUT2D eigenvalue weighted by atomic mass is 9.98. The van der Waals surface area contributed by atoms with E-state index in [1.165, 1.54) is 91.0 Å². The molecule has 3 aromatic carbocycles. The van der Waals surface area contributed by atoms with E-state index in [1.807, 2.05) is 0 Å². The molecular weight excluding hydrogens is 780 g/mol. The summed E-state index contributed by atoms with van der Waals surface area (Å²) in [6.45, 7) is -1.65. The summed E-state index contributed by atoms with van der Waals surface area (Å²) < 4.78 is 39.6. The number of aromatic hydroxyl groups is 3. The second-order valence-electron chi connectivity index (χ2n) is 13.2. The molecule has 9 atom stereocenters. The number of hydrogen-bond acceptors (Lipinski definition) is 18. The van der Waals surface area contributed by atoms with Gasteiger partial charge in [-0.1, -0.05) is 36.4 Å². The Morgan fingerprint density at radius 1 is 0.644 bits per heavy atom. The number of rotatable bonds is 15. The first-order valence-corrected chi connectivity index (χ1v) is 17.9. The summed E-state index contributed by atoms with van der Waals surface area (Å²) in [5.74, 6) is -6.72. The molecule has 0 amide bonds.